The number of carbonyl (C=O) groups excluding carboxylic acids is 1. The maximum atomic E-state index is 12.0. The Morgan fingerprint density at radius 1 is 1.45 bits per heavy atom. The number of sulfonamides is 1. The molecule has 1 amide bonds. The molecule has 8 heteroatoms. The number of hydrogen-bond donors (Lipinski definition) is 2. The van der Waals surface area contributed by atoms with Gasteiger partial charge in [0, 0.05) is 23.4 Å². The minimum atomic E-state index is -3.59. The number of nitrogens with two attached hydrogens (primary N) is 1. The van der Waals surface area contributed by atoms with Crippen LogP contribution in [0.2, 0.25) is 0 Å². The van der Waals surface area contributed by atoms with Crippen LogP contribution < -0.4 is 10.0 Å². The Morgan fingerprint density at radius 2 is 2.15 bits per heavy atom. The standard InChI is InChI=1S/C12H15BrN2O4S/c13-10-2-1-8(6-16)3-11(10)15-5-9(4-12(15)17)7-20(14,18)19/h1-3,9,16H,4-7H2,(H2,14,18,19). The normalized spacial score (nSPS) is 19.6. The smallest absolute Gasteiger partial charge is 0.227 e. The first-order valence-corrected chi connectivity index (χ1v) is 8.51. The van der Waals surface area contributed by atoms with Crippen LogP contribution in [-0.4, -0.2) is 31.7 Å². The van der Waals surface area contributed by atoms with Crippen molar-refractivity contribution in [2.24, 2.45) is 11.1 Å². The molecule has 0 spiro atoms. The first-order chi connectivity index (χ1) is 9.30. The Morgan fingerprint density at radius 3 is 2.75 bits per heavy atom. The Hall–Kier alpha value is -0.960. The van der Waals surface area contributed by atoms with Crippen LogP contribution in [-0.2, 0) is 21.4 Å². The first kappa shape index (κ1) is 15.4. The van der Waals surface area contributed by atoms with Crippen molar-refractivity contribution in [3.63, 3.8) is 0 Å². The molecule has 20 heavy (non-hydrogen) atoms. The zero-order valence-corrected chi connectivity index (χ0v) is 13.0. The number of anilines is 1. The third kappa shape index (κ3) is 3.57. The largest absolute Gasteiger partial charge is 0.392 e. The zero-order chi connectivity index (χ0) is 14.9. The monoisotopic (exact) mass is 362 g/mol. The SMILES string of the molecule is NS(=O)(=O)CC1CC(=O)N(c2cc(CO)ccc2Br)C1. The molecule has 1 atom stereocenters. The summed E-state index contributed by atoms with van der Waals surface area (Å²) in [4.78, 5) is 13.6. The molecule has 110 valence electrons. The van der Waals surface area contributed by atoms with Gasteiger partial charge >= 0.3 is 0 Å². The van der Waals surface area contributed by atoms with E-state index in [4.69, 9.17) is 10.2 Å². The second-order valence-electron chi connectivity index (χ2n) is 4.85. The van der Waals surface area contributed by atoms with Gasteiger partial charge in [-0.2, -0.15) is 0 Å². The number of aliphatic hydroxyl groups is 1. The molecule has 1 saturated heterocycles. The van der Waals surface area contributed by atoms with Gasteiger partial charge in [0.15, 0.2) is 0 Å². The first-order valence-electron chi connectivity index (χ1n) is 6.00. The number of halogens is 1. The molecule has 1 aliphatic rings. The van der Waals surface area contributed by atoms with Crippen molar-refractivity contribution in [2.75, 3.05) is 17.2 Å². The molecule has 1 aliphatic heterocycles. The summed E-state index contributed by atoms with van der Waals surface area (Å²) < 4.78 is 22.9. The number of amides is 1. The number of benzene rings is 1. The fourth-order valence-corrected chi connectivity index (χ4v) is 3.66. The Kier molecular flexibility index (Phi) is 4.48. The predicted molar refractivity (Wildman–Crippen MR) is 78.5 cm³/mol. The molecule has 1 fully saturated rings. The molecule has 0 saturated carbocycles. The summed E-state index contributed by atoms with van der Waals surface area (Å²) in [6.45, 7) is 0.186. The minimum Gasteiger partial charge on any atom is -0.392 e. The van der Waals surface area contributed by atoms with Gasteiger partial charge in [0.1, 0.15) is 0 Å². The van der Waals surface area contributed by atoms with Gasteiger partial charge in [-0.25, -0.2) is 13.6 Å². The van der Waals surface area contributed by atoms with Crippen molar-refractivity contribution in [1.29, 1.82) is 0 Å². The maximum Gasteiger partial charge on any atom is 0.227 e. The van der Waals surface area contributed by atoms with E-state index in [9.17, 15) is 13.2 Å². The fourth-order valence-electron chi connectivity index (χ4n) is 2.32. The summed E-state index contributed by atoms with van der Waals surface area (Å²) in [5.74, 6) is -0.649. The molecule has 0 radical (unpaired) electrons. The molecule has 1 aromatic carbocycles. The van der Waals surface area contributed by atoms with Crippen LogP contribution in [0.5, 0.6) is 0 Å². The molecule has 3 N–H and O–H groups in total. The highest BCUT2D eigenvalue weighted by Crippen LogP contribution is 2.32. The molecule has 0 aromatic heterocycles. The molecule has 6 nitrogen and oxygen atoms in total. The molecule has 0 bridgehead atoms. The summed E-state index contributed by atoms with van der Waals surface area (Å²) >= 11 is 3.36. The van der Waals surface area contributed by atoms with Crippen molar-refractivity contribution in [1.82, 2.24) is 0 Å². The van der Waals surface area contributed by atoms with Crippen molar-refractivity contribution in [2.45, 2.75) is 13.0 Å². The van der Waals surface area contributed by atoms with E-state index in [-0.39, 0.29) is 30.6 Å². The lowest BCUT2D eigenvalue weighted by molar-refractivity contribution is -0.117. The van der Waals surface area contributed by atoms with Gasteiger partial charge in [0.25, 0.3) is 0 Å². The van der Waals surface area contributed by atoms with Crippen LogP contribution in [0.1, 0.15) is 12.0 Å². The lowest BCUT2D eigenvalue weighted by Gasteiger charge is -2.19. The molecule has 0 aliphatic carbocycles. The Bertz CT molecular complexity index is 632. The number of aliphatic hydroxyl groups excluding tert-OH is 1. The van der Waals surface area contributed by atoms with E-state index in [1.165, 1.54) is 4.90 Å². The van der Waals surface area contributed by atoms with Crippen LogP contribution in [0.3, 0.4) is 0 Å². The quantitative estimate of drug-likeness (QED) is 0.817. The molecule has 2 rings (SSSR count). The van der Waals surface area contributed by atoms with E-state index < -0.39 is 10.0 Å². The van der Waals surface area contributed by atoms with Gasteiger partial charge < -0.3 is 10.0 Å². The van der Waals surface area contributed by atoms with E-state index in [1.54, 1.807) is 18.2 Å². The van der Waals surface area contributed by atoms with Crippen LogP contribution in [0, 0.1) is 5.92 Å². The zero-order valence-electron chi connectivity index (χ0n) is 10.6. The number of hydrogen-bond acceptors (Lipinski definition) is 4. The van der Waals surface area contributed by atoms with Crippen molar-refractivity contribution >= 4 is 37.5 Å². The van der Waals surface area contributed by atoms with Crippen LogP contribution in [0.15, 0.2) is 22.7 Å². The fraction of sp³-hybridized carbons (Fsp3) is 0.417. The van der Waals surface area contributed by atoms with E-state index in [1.807, 2.05) is 0 Å². The number of carbonyl (C=O) groups is 1. The highest BCUT2D eigenvalue weighted by molar-refractivity contribution is 9.10. The minimum absolute atomic E-state index is 0.122. The highest BCUT2D eigenvalue weighted by atomic mass is 79.9. The van der Waals surface area contributed by atoms with Crippen LogP contribution in [0.25, 0.3) is 0 Å². The second-order valence-corrected chi connectivity index (χ2v) is 7.36. The third-order valence-corrected chi connectivity index (χ3v) is 4.76. The van der Waals surface area contributed by atoms with Crippen LogP contribution >= 0.6 is 15.9 Å². The average Bonchev–Trinajstić information content (AvgIpc) is 2.68. The lowest BCUT2D eigenvalue weighted by atomic mass is 10.1. The van der Waals surface area contributed by atoms with Crippen molar-refractivity contribution in [3.8, 4) is 0 Å². The molecular weight excluding hydrogens is 348 g/mol. The summed E-state index contributed by atoms with van der Waals surface area (Å²) in [6.07, 6.45) is 0.159. The van der Waals surface area contributed by atoms with E-state index in [0.29, 0.717) is 17.8 Å². The van der Waals surface area contributed by atoms with Crippen molar-refractivity contribution < 1.29 is 18.3 Å². The predicted octanol–water partition coefficient (Wildman–Crippen LogP) is 0.583. The number of nitrogens with zero attached hydrogens (tertiary/aromatic N) is 1. The third-order valence-electron chi connectivity index (χ3n) is 3.16. The highest BCUT2D eigenvalue weighted by Gasteiger charge is 2.33. The average molecular weight is 363 g/mol. The summed E-state index contributed by atoms with van der Waals surface area (Å²) in [7, 11) is -3.59. The summed E-state index contributed by atoms with van der Waals surface area (Å²) in [5.41, 5.74) is 1.32. The Labute approximate surface area is 125 Å². The molecule has 1 heterocycles. The van der Waals surface area contributed by atoms with Crippen molar-refractivity contribution in [3.05, 3.63) is 28.2 Å². The number of rotatable bonds is 4. The summed E-state index contributed by atoms with van der Waals surface area (Å²) in [5, 5.41) is 14.2. The van der Waals surface area contributed by atoms with Gasteiger partial charge in [0.2, 0.25) is 15.9 Å². The topological polar surface area (TPSA) is 101 Å². The van der Waals surface area contributed by atoms with Gasteiger partial charge in [-0.3, -0.25) is 4.79 Å². The van der Waals surface area contributed by atoms with E-state index in [0.717, 1.165) is 4.47 Å². The van der Waals surface area contributed by atoms with Gasteiger partial charge in [-0.15, -0.1) is 0 Å². The number of primary sulfonamides is 1. The van der Waals surface area contributed by atoms with Gasteiger partial charge in [-0.1, -0.05) is 6.07 Å². The van der Waals surface area contributed by atoms with Gasteiger partial charge in [-0.05, 0) is 33.6 Å². The van der Waals surface area contributed by atoms with E-state index in [2.05, 4.69) is 15.9 Å². The molecular formula is C12H15BrN2O4S. The second kappa shape index (κ2) is 5.80. The summed E-state index contributed by atoms with van der Waals surface area (Å²) in [6, 6.07) is 5.21. The molecule has 1 unspecified atom stereocenters. The van der Waals surface area contributed by atoms with Crippen LogP contribution in [0.4, 0.5) is 5.69 Å². The lowest BCUT2D eigenvalue weighted by Crippen LogP contribution is -2.27. The van der Waals surface area contributed by atoms with Gasteiger partial charge in [0.05, 0.1) is 18.0 Å². The van der Waals surface area contributed by atoms with E-state index >= 15 is 0 Å². The maximum absolute atomic E-state index is 12.0. The Balaban J connectivity index is 2.24. The molecule has 1 aromatic rings.